The second kappa shape index (κ2) is 8.00. The Morgan fingerprint density at radius 3 is 2.37 bits per heavy atom. The van der Waals surface area contributed by atoms with E-state index in [4.69, 9.17) is 11.6 Å². The number of aliphatic carboxylic acids is 1. The van der Waals surface area contributed by atoms with Crippen molar-refractivity contribution in [2.24, 2.45) is 11.8 Å². The van der Waals surface area contributed by atoms with E-state index in [2.05, 4.69) is 5.32 Å². The number of nitrogens with zero attached hydrogens (tertiary/aromatic N) is 1. The largest absolute Gasteiger partial charge is 0.481 e. The van der Waals surface area contributed by atoms with Crippen LogP contribution in [0, 0.1) is 11.8 Å². The molecular formula is C18H21ClN2O5S. The van der Waals surface area contributed by atoms with Gasteiger partial charge in [-0.2, -0.15) is 4.31 Å². The van der Waals surface area contributed by atoms with Crippen molar-refractivity contribution in [1.29, 1.82) is 0 Å². The number of hydrogen-bond acceptors (Lipinski definition) is 4. The van der Waals surface area contributed by atoms with Gasteiger partial charge in [0.1, 0.15) is 0 Å². The average Bonchev–Trinajstić information content (AvgIpc) is 3.19. The minimum absolute atomic E-state index is 0.0578. The van der Waals surface area contributed by atoms with Crippen LogP contribution in [0.4, 0.5) is 5.69 Å². The first-order valence-electron chi connectivity index (χ1n) is 8.79. The van der Waals surface area contributed by atoms with Crippen LogP contribution in [0.25, 0.3) is 0 Å². The number of rotatable bonds is 5. The maximum atomic E-state index is 12.7. The number of benzene rings is 1. The van der Waals surface area contributed by atoms with E-state index in [-0.39, 0.29) is 22.0 Å². The molecule has 0 saturated carbocycles. The molecule has 0 radical (unpaired) electrons. The molecule has 0 unspecified atom stereocenters. The summed E-state index contributed by atoms with van der Waals surface area (Å²) in [4.78, 5) is 24.1. The van der Waals surface area contributed by atoms with Gasteiger partial charge >= 0.3 is 5.97 Å². The topological polar surface area (TPSA) is 104 Å². The fraction of sp³-hybridized carbons (Fsp3) is 0.444. The summed E-state index contributed by atoms with van der Waals surface area (Å²) in [5, 5.41) is 12.1. The second-order valence-electron chi connectivity index (χ2n) is 6.74. The van der Waals surface area contributed by atoms with Crippen LogP contribution in [0.5, 0.6) is 0 Å². The summed E-state index contributed by atoms with van der Waals surface area (Å²) in [6.45, 7) is 0.947. The number of hydrogen-bond donors (Lipinski definition) is 2. The first-order valence-corrected chi connectivity index (χ1v) is 10.6. The molecule has 1 fully saturated rings. The van der Waals surface area contributed by atoms with E-state index in [0.29, 0.717) is 19.5 Å². The van der Waals surface area contributed by atoms with E-state index in [9.17, 15) is 23.1 Å². The Bertz CT molecular complexity index is 878. The molecule has 1 amide bonds. The summed E-state index contributed by atoms with van der Waals surface area (Å²) in [5.41, 5.74) is 0.167. The van der Waals surface area contributed by atoms with Crippen molar-refractivity contribution in [2.75, 3.05) is 18.4 Å². The van der Waals surface area contributed by atoms with E-state index in [1.807, 2.05) is 0 Å². The van der Waals surface area contributed by atoms with Gasteiger partial charge in [-0.25, -0.2) is 8.42 Å². The van der Waals surface area contributed by atoms with Crippen molar-refractivity contribution in [3.05, 3.63) is 35.4 Å². The molecule has 0 aromatic heterocycles. The van der Waals surface area contributed by atoms with Crippen molar-refractivity contribution in [1.82, 2.24) is 4.31 Å². The molecule has 1 heterocycles. The molecule has 1 aliphatic heterocycles. The average molecular weight is 413 g/mol. The summed E-state index contributed by atoms with van der Waals surface area (Å²) < 4.78 is 26.8. The van der Waals surface area contributed by atoms with Crippen molar-refractivity contribution in [3.63, 3.8) is 0 Å². The molecule has 0 bridgehead atoms. The molecule has 1 aromatic rings. The Kier molecular flexibility index (Phi) is 5.88. The third-order valence-corrected chi connectivity index (χ3v) is 7.21. The number of amides is 1. The van der Waals surface area contributed by atoms with Gasteiger partial charge in [-0.3, -0.25) is 9.59 Å². The zero-order chi connectivity index (χ0) is 19.6. The summed E-state index contributed by atoms with van der Waals surface area (Å²) in [7, 11) is -3.64. The molecular weight excluding hydrogens is 392 g/mol. The third kappa shape index (κ3) is 4.17. The standard InChI is InChI=1S/C18H21ClN2O5S/c19-15-8-7-12(27(25,26)21-9-3-4-10-21)11-16(15)20-17(22)13-5-1-2-6-14(13)18(23)24/h1-2,7-8,11,13-14H,3-6,9-10H2,(H,20,22)(H,23,24)/t13-,14+/m1/s1. The second-order valence-corrected chi connectivity index (χ2v) is 9.08. The zero-order valence-electron chi connectivity index (χ0n) is 14.6. The van der Waals surface area contributed by atoms with Crippen LogP contribution in [0.2, 0.25) is 5.02 Å². The van der Waals surface area contributed by atoms with Gasteiger partial charge in [0, 0.05) is 13.1 Å². The normalized spacial score (nSPS) is 23.3. The van der Waals surface area contributed by atoms with Crippen LogP contribution in [0.3, 0.4) is 0 Å². The van der Waals surface area contributed by atoms with E-state index in [0.717, 1.165) is 12.8 Å². The minimum Gasteiger partial charge on any atom is -0.481 e. The lowest BCUT2D eigenvalue weighted by Gasteiger charge is -2.24. The van der Waals surface area contributed by atoms with Gasteiger partial charge in [0.05, 0.1) is 27.4 Å². The molecule has 1 saturated heterocycles. The van der Waals surface area contributed by atoms with Gasteiger partial charge in [0.15, 0.2) is 0 Å². The van der Waals surface area contributed by atoms with Gasteiger partial charge < -0.3 is 10.4 Å². The lowest BCUT2D eigenvalue weighted by molar-refractivity contribution is -0.146. The van der Waals surface area contributed by atoms with E-state index < -0.39 is 33.7 Å². The SMILES string of the molecule is O=C(O)[C@H]1CC=CC[C@H]1C(=O)Nc1cc(S(=O)(=O)N2CCCC2)ccc1Cl. The van der Waals surface area contributed by atoms with Crippen LogP contribution in [0.1, 0.15) is 25.7 Å². The molecule has 3 rings (SSSR count). The van der Waals surface area contributed by atoms with Gasteiger partial charge in [-0.1, -0.05) is 23.8 Å². The maximum Gasteiger partial charge on any atom is 0.307 e. The number of carbonyl (C=O) groups excluding carboxylic acids is 1. The number of allylic oxidation sites excluding steroid dienone is 2. The molecule has 2 N–H and O–H groups in total. The zero-order valence-corrected chi connectivity index (χ0v) is 16.2. The number of halogens is 1. The van der Waals surface area contributed by atoms with Crippen LogP contribution in [0.15, 0.2) is 35.2 Å². The van der Waals surface area contributed by atoms with Crippen molar-refractivity contribution in [3.8, 4) is 0 Å². The predicted molar refractivity (Wildman–Crippen MR) is 101 cm³/mol. The molecule has 7 nitrogen and oxygen atoms in total. The van der Waals surface area contributed by atoms with Crippen molar-refractivity contribution < 1.29 is 23.1 Å². The Hall–Kier alpha value is -1.90. The molecule has 9 heteroatoms. The number of carbonyl (C=O) groups is 2. The molecule has 27 heavy (non-hydrogen) atoms. The molecule has 1 aliphatic carbocycles. The van der Waals surface area contributed by atoms with Crippen LogP contribution >= 0.6 is 11.6 Å². The van der Waals surface area contributed by atoms with E-state index in [1.54, 1.807) is 12.2 Å². The van der Waals surface area contributed by atoms with Crippen LogP contribution in [-0.2, 0) is 19.6 Å². The Labute approximate surface area is 163 Å². The molecule has 2 atom stereocenters. The Morgan fingerprint density at radius 2 is 1.74 bits per heavy atom. The first-order chi connectivity index (χ1) is 12.8. The molecule has 146 valence electrons. The summed E-state index contributed by atoms with van der Waals surface area (Å²) in [6, 6.07) is 4.17. The highest BCUT2D eigenvalue weighted by Crippen LogP contribution is 2.31. The maximum absolute atomic E-state index is 12.7. The van der Waals surface area contributed by atoms with Crippen LogP contribution < -0.4 is 5.32 Å². The summed E-state index contributed by atoms with van der Waals surface area (Å²) >= 11 is 6.13. The van der Waals surface area contributed by atoms with E-state index in [1.165, 1.54) is 22.5 Å². The monoisotopic (exact) mass is 412 g/mol. The third-order valence-electron chi connectivity index (χ3n) is 4.98. The van der Waals surface area contributed by atoms with Crippen molar-refractivity contribution >= 4 is 39.2 Å². The fourth-order valence-corrected chi connectivity index (χ4v) is 5.15. The highest BCUT2D eigenvalue weighted by molar-refractivity contribution is 7.89. The Balaban J connectivity index is 1.83. The molecule has 1 aromatic carbocycles. The summed E-state index contributed by atoms with van der Waals surface area (Å²) in [5.74, 6) is -3.06. The Morgan fingerprint density at radius 1 is 1.11 bits per heavy atom. The van der Waals surface area contributed by atoms with Crippen LogP contribution in [-0.4, -0.2) is 42.8 Å². The number of nitrogens with one attached hydrogen (secondary N) is 1. The highest BCUT2D eigenvalue weighted by Gasteiger charge is 2.34. The van der Waals surface area contributed by atoms with Gasteiger partial charge in [0.25, 0.3) is 0 Å². The van der Waals surface area contributed by atoms with Gasteiger partial charge in [-0.05, 0) is 43.9 Å². The van der Waals surface area contributed by atoms with Gasteiger partial charge in [0.2, 0.25) is 15.9 Å². The first kappa shape index (κ1) is 19.9. The van der Waals surface area contributed by atoms with Crippen molar-refractivity contribution in [2.45, 2.75) is 30.6 Å². The predicted octanol–water partition coefficient (Wildman–Crippen LogP) is 2.73. The van der Waals surface area contributed by atoms with E-state index >= 15 is 0 Å². The quantitative estimate of drug-likeness (QED) is 0.723. The number of carboxylic acid groups (broad SMARTS) is 1. The van der Waals surface area contributed by atoms with Gasteiger partial charge in [-0.15, -0.1) is 0 Å². The summed E-state index contributed by atoms with van der Waals surface area (Å²) in [6.07, 6.45) is 5.76. The highest BCUT2D eigenvalue weighted by atomic mass is 35.5. The number of anilines is 1. The minimum atomic E-state index is -3.64. The fourth-order valence-electron chi connectivity index (χ4n) is 3.44. The lowest BCUT2D eigenvalue weighted by Crippen LogP contribution is -2.35. The molecule has 2 aliphatic rings. The number of carboxylic acids is 1. The number of sulfonamides is 1. The smallest absolute Gasteiger partial charge is 0.307 e. The molecule has 0 spiro atoms. The lowest BCUT2D eigenvalue weighted by atomic mass is 9.82.